The molecule has 1 amide bonds. The maximum Gasteiger partial charge on any atom is 0.410 e. The molecule has 1 saturated heterocycles. The van der Waals surface area contributed by atoms with Gasteiger partial charge in [-0.1, -0.05) is 6.92 Å². The molecule has 1 aliphatic heterocycles. The van der Waals surface area contributed by atoms with Crippen molar-refractivity contribution in [2.24, 2.45) is 0 Å². The third-order valence-electron chi connectivity index (χ3n) is 2.96. The van der Waals surface area contributed by atoms with Crippen molar-refractivity contribution in [3.63, 3.8) is 0 Å². The van der Waals surface area contributed by atoms with Crippen molar-refractivity contribution in [1.82, 2.24) is 4.90 Å². The van der Waals surface area contributed by atoms with Crippen LogP contribution in [0.1, 0.15) is 40.5 Å². The highest BCUT2D eigenvalue weighted by atomic mass is 16.6. The molecule has 0 spiro atoms. The normalized spacial score (nSPS) is 21.6. The maximum absolute atomic E-state index is 12.1. The summed E-state index contributed by atoms with van der Waals surface area (Å²) in [7, 11) is 1.35. The highest BCUT2D eigenvalue weighted by molar-refractivity contribution is 5.83. The topological polar surface area (TPSA) is 55.8 Å². The summed E-state index contributed by atoms with van der Waals surface area (Å²) in [6.07, 6.45) is 2.60. The second-order valence-electron chi connectivity index (χ2n) is 5.59. The summed E-state index contributed by atoms with van der Waals surface area (Å²) in [5.74, 6) is -0.375. The first-order valence-corrected chi connectivity index (χ1v) is 6.56. The Hall–Kier alpha value is -1.52. The van der Waals surface area contributed by atoms with Crippen LogP contribution in [0.3, 0.4) is 0 Å². The van der Waals surface area contributed by atoms with E-state index >= 15 is 0 Å². The van der Waals surface area contributed by atoms with Gasteiger partial charge in [0, 0.05) is 12.6 Å². The minimum Gasteiger partial charge on any atom is -0.466 e. The van der Waals surface area contributed by atoms with Crippen LogP contribution in [-0.2, 0) is 14.3 Å². The maximum atomic E-state index is 12.1. The zero-order chi connectivity index (χ0) is 14.6. The highest BCUT2D eigenvalue weighted by Crippen LogP contribution is 2.27. The Balaban J connectivity index is 2.80. The van der Waals surface area contributed by atoms with E-state index in [2.05, 4.69) is 4.74 Å². The van der Waals surface area contributed by atoms with Crippen molar-refractivity contribution in [2.75, 3.05) is 13.7 Å². The summed E-state index contributed by atoms with van der Waals surface area (Å²) in [4.78, 5) is 25.1. The number of carbonyl (C=O) groups is 2. The van der Waals surface area contributed by atoms with E-state index in [1.54, 1.807) is 4.90 Å². The third kappa shape index (κ3) is 4.26. The number of hydrogen-bond donors (Lipinski definition) is 0. The Morgan fingerprint density at radius 1 is 1.42 bits per heavy atom. The first kappa shape index (κ1) is 15.5. The zero-order valence-electron chi connectivity index (χ0n) is 12.4. The lowest BCUT2D eigenvalue weighted by Crippen LogP contribution is -2.40. The fourth-order valence-electron chi connectivity index (χ4n) is 2.17. The lowest BCUT2D eigenvalue weighted by molar-refractivity contribution is -0.134. The third-order valence-corrected chi connectivity index (χ3v) is 2.96. The van der Waals surface area contributed by atoms with Gasteiger partial charge in [0.15, 0.2) is 0 Å². The van der Waals surface area contributed by atoms with Gasteiger partial charge in [0.1, 0.15) is 5.60 Å². The summed E-state index contributed by atoms with van der Waals surface area (Å²) < 4.78 is 10.0. The van der Waals surface area contributed by atoms with Crippen LogP contribution < -0.4 is 0 Å². The number of esters is 1. The molecular formula is C14H23NO4. The molecule has 0 aromatic heterocycles. The van der Waals surface area contributed by atoms with E-state index < -0.39 is 5.60 Å². The van der Waals surface area contributed by atoms with Crippen molar-refractivity contribution < 1.29 is 19.1 Å². The molecule has 0 aliphatic carbocycles. The lowest BCUT2D eigenvalue weighted by Gasteiger charge is -2.28. The lowest BCUT2D eigenvalue weighted by atomic mass is 10.1. The average Bonchev–Trinajstić information content (AvgIpc) is 2.69. The molecule has 1 aliphatic rings. The van der Waals surface area contributed by atoms with Crippen molar-refractivity contribution in [2.45, 2.75) is 52.2 Å². The SMILES string of the molecule is CCC1C(=CC(=O)OC)CCN1C(=O)OC(C)(C)C. The highest BCUT2D eigenvalue weighted by Gasteiger charge is 2.34. The van der Waals surface area contributed by atoms with Crippen molar-refractivity contribution in [3.05, 3.63) is 11.6 Å². The monoisotopic (exact) mass is 269 g/mol. The Labute approximate surface area is 114 Å². The van der Waals surface area contributed by atoms with Crippen LogP contribution in [0.15, 0.2) is 11.6 Å². The second-order valence-corrected chi connectivity index (χ2v) is 5.59. The number of amides is 1. The molecule has 0 radical (unpaired) electrons. The van der Waals surface area contributed by atoms with Crippen LogP contribution >= 0.6 is 0 Å². The molecule has 5 nitrogen and oxygen atoms in total. The molecule has 0 aromatic carbocycles. The fraction of sp³-hybridized carbons (Fsp3) is 0.714. The molecule has 108 valence electrons. The Morgan fingerprint density at radius 3 is 2.53 bits per heavy atom. The standard InChI is InChI=1S/C14H23NO4/c1-6-11-10(9-12(16)18-5)7-8-15(11)13(17)19-14(2,3)4/h9,11H,6-8H2,1-5H3. The number of ether oxygens (including phenoxy) is 2. The smallest absolute Gasteiger partial charge is 0.410 e. The van der Waals surface area contributed by atoms with Crippen LogP contribution in [0.5, 0.6) is 0 Å². The summed E-state index contributed by atoms with van der Waals surface area (Å²) in [6, 6.07) is -0.0750. The van der Waals surface area contributed by atoms with E-state index in [0.717, 1.165) is 12.0 Å². The predicted octanol–water partition coefficient (Wildman–Crippen LogP) is 2.51. The van der Waals surface area contributed by atoms with Crippen LogP contribution in [0.25, 0.3) is 0 Å². The Morgan fingerprint density at radius 2 is 2.05 bits per heavy atom. The molecule has 0 saturated carbocycles. The number of carbonyl (C=O) groups excluding carboxylic acids is 2. The van der Waals surface area contributed by atoms with Gasteiger partial charge >= 0.3 is 12.1 Å². The summed E-state index contributed by atoms with van der Waals surface area (Å²) >= 11 is 0. The van der Waals surface area contributed by atoms with Crippen LogP contribution in [0.4, 0.5) is 4.79 Å². The van der Waals surface area contributed by atoms with E-state index in [4.69, 9.17) is 4.74 Å². The Kier molecular flexibility index (Phi) is 4.97. The molecule has 0 N–H and O–H groups in total. The molecule has 1 unspecified atom stereocenters. The molecule has 0 aromatic rings. The fourth-order valence-corrected chi connectivity index (χ4v) is 2.17. The summed E-state index contributed by atoms with van der Waals surface area (Å²) in [5.41, 5.74) is 0.421. The van der Waals surface area contributed by atoms with Gasteiger partial charge in [-0.15, -0.1) is 0 Å². The summed E-state index contributed by atoms with van der Waals surface area (Å²) in [5, 5.41) is 0. The van der Waals surface area contributed by atoms with E-state index in [-0.39, 0.29) is 18.1 Å². The number of hydrogen-bond acceptors (Lipinski definition) is 4. The largest absolute Gasteiger partial charge is 0.466 e. The first-order valence-electron chi connectivity index (χ1n) is 6.56. The van der Waals surface area contributed by atoms with Gasteiger partial charge in [0.2, 0.25) is 0 Å². The van der Waals surface area contributed by atoms with E-state index in [1.807, 2.05) is 27.7 Å². The Bertz CT molecular complexity index is 381. The van der Waals surface area contributed by atoms with E-state index in [9.17, 15) is 9.59 Å². The van der Waals surface area contributed by atoms with Crippen molar-refractivity contribution >= 4 is 12.1 Å². The van der Waals surface area contributed by atoms with E-state index in [0.29, 0.717) is 13.0 Å². The number of likely N-dealkylation sites (tertiary alicyclic amines) is 1. The number of rotatable bonds is 2. The average molecular weight is 269 g/mol. The van der Waals surface area contributed by atoms with E-state index in [1.165, 1.54) is 13.2 Å². The molecule has 1 heterocycles. The molecule has 1 atom stereocenters. The molecule has 0 bridgehead atoms. The van der Waals surface area contributed by atoms with Gasteiger partial charge < -0.3 is 14.4 Å². The number of nitrogens with zero attached hydrogens (tertiary/aromatic N) is 1. The second kappa shape index (κ2) is 6.08. The van der Waals surface area contributed by atoms with Crippen LogP contribution in [0, 0.1) is 0 Å². The van der Waals surface area contributed by atoms with Gasteiger partial charge in [-0.3, -0.25) is 0 Å². The quantitative estimate of drug-likeness (QED) is 0.571. The van der Waals surface area contributed by atoms with Crippen LogP contribution in [-0.4, -0.2) is 42.3 Å². The van der Waals surface area contributed by atoms with Gasteiger partial charge in [0.05, 0.1) is 13.2 Å². The first-order chi connectivity index (χ1) is 8.78. The van der Waals surface area contributed by atoms with Gasteiger partial charge in [-0.2, -0.15) is 0 Å². The van der Waals surface area contributed by atoms with Gasteiger partial charge in [-0.25, -0.2) is 9.59 Å². The zero-order valence-corrected chi connectivity index (χ0v) is 12.4. The van der Waals surface area contributed by atoms with Crippen molar-refractivity contribution in [3.8, 4) is 0 Å². The molecular weight excluding hydrogens is 246 g/mol. The molecule has 19 heavy (non-hydrogen) atoms. The van der Waals surface area contributed by atoms with Gasteiger partial charge in [-0.05, 0) is 39.2 Å². The van der Waals surface area contributed by atoms with Crippen molar-refractivity contribution in [1.29, 1.82) is 0 Å². The minimum atomic E-state index is -0.510. The minimum absolute atomic E-state index is 0.0750. The molecule has 5 heteroatoms. The van der Waals surface area contributed by atoms with Gasteiger partial charge in [0.25, 0.3) is 0 Å². The molecule has 1 fully saturated rings. The number of methoxy groups -OCH3 is 1. The summed E-state index contributed by atoms with van der Waals surface area (Å²) in [6.45, 7) is 8.09. The predicted molar refractivity (Wildman–Crippen MR) is 71.7 cm³/mol. The molecule has 1 rings (SSSR count). The van der Waals surface area contributed by atoms with Crippen LogP contribution in [0.2, 0.25) is 0 Å².